The van der Waals surface area contributed by atoms with E-state index in [2.05, 4.69) is 28.6 Å². The predicted molar refractivity (Wildman–Crippen MR) is 94.2 cm³/mol. The zero-order valence-corrected chi connectivity index (χ0v) is 14.2. The topological polar surface area (TPSA) is 44.4 Å². The first-order chi connectivity index (χ1) is 9.22. The maximum Gasteiger partial charge on any atom is 0.238 e. The molecular formula is C15H25Cl2N3O. The number of carbonyl (C=O) groups excluding carboxylic acids is 1. The molecule has 2 N–H and O–H groups in total. The number of rotatable bonds is 5. The molecule has 0 saturated heterocycles. The molecule has 0 radical (unpaired) electrons. The lowest BCUT2D eigenvalue weighted by Gasteiger charge is -2.28. The van der Waals surface area contributed by atoms with Crippen molar-refractivity contribution in [2.24, 2.45) is 0 Å². The van der Waals surface area contributed by atoms with E-state index in [-0.39, 0.29) is 30.7 Å². The SMILES string of the molecule is CNCC(=O)Nc1ccccc1N(C)C1CCCC1.Cl.Cl. The summed E-state index contributed by atoms with van der Waals surface area (Å²) >= 11 is 0. The van der Waals surface area contributed by atoms with Crippen molar-refractivity contribution in [2.45, 2.75) is 31.7 Å². The lowest BCUT2D eigenvalue weighted by molar-refractivity contribution is -0.115. The summed E-state index contributed by atoms with van der Waals surface area (Å²) in [6.45, 7) is 0.335. The number of para-hydroxylation sites is 2. The first-order valence-corrected chi connectivity index (χ1v) is 6.98. The molecule has 1 fully saturated rings. The van der Waals surface area contributed by atoms with Crippen LogP contribution < -0.4 is 15.5 Å². The summed E-state index contributed by atoms with van der Waals surface area (Å²) < 4.78 is 0. The minimum atomic E-state index is -0.00484. The van der Waals surface area contributed by atoms with Crippen molar-refractivity contribution < 1.29 is 4.79 Å². The zero-order valence-electron chi connectivity index (χ0n) is 12.6. The van der Waals surface area contributed by atoms with Crippen molar-refractivity contribution in [1.82, 2.24) is 5.32 Å². The molecule has 0 spiro atoms. The fraction of sp³-hybridized carbons (Fsp3) is 0.533. The van der Waals surface area contributed by atoms with Crippen molar-refractivity contribution in [3.05, 3.63) is 24.3 Å². The third kappa shape index (κ3) is 5.38. The average Bonchev–Trinajstić information content (AvgIpc) is 2.93. The number of anilines is 2. The van der Waals surface area contributed by atoms with Crippen molar-refractivity contribution in [2.75, 3.05) is 30.9 Å². The number of nitrogens with zero attached hydrogens (tertiary/aromatic N) is 1. The zero-order chi connectivity index (χ0) is 13.7. The highest BCUT2D eigenvalue weighted by molar-refractivity contribution is 5.95. The second-order valence-corrected chi connectivity index (χ2v) is 5.14. The molecule has 21 heavy (non-hydrogen) atoms. The van der Waals surface area contributed by atoms with E-state index in [1.165, 1.54) is 25.7 Å². The second-order valence-electron chi connectivity index (χ2n) is 5.14. The van der Waals surface area contributed by atoms with Gasteiger partial charge in [-0.2, -0.15) is 0 Å². The summed E-state index contributed by atoms with van der Waals surface area (Å²) in [5.74, 6) is -0.00484. The van der Waals surface area contributed by atoms with Crippen LogP contribution in [0.25, 0.3) is 0 Å². The van der Waals surface area contributed by atoms with Crippen molar-refractivity contribution in [3.8, 4) is 0 Å². The Morgan fingerprint density at radius 2 is 1.86 bits per heavy atom. The number of hydrogen-bond acceptors (Lipinski definition) is 3. The van der Waals surface area contributed by atoms with Crippen LogP contribution in [-0.2, 0) is 4.79 Å². The molecule has 1 amide bonds. The molecule has 120 valence electrons. The number of likely N-dealkylation sites (N-methyl/N-ethyl adjacent to an activating group) is 1. The number of amides is 1. The van der Waals surface area contributed by atoms with Gasteiger partial charge in [0.05, 0.1) is 17.9 Å². The maximum absolute atomic E-state index is 11.7. The fourth-order valence-electron chi connectivity index (χ4n) is 2.73. The molecule has 1 aromatic carbocycles. The Morgan fingerprint density at radius 1 is 1.24 bits per heavy atom. The predicted octanol–water partition coefficient (Wildman–Crippen LogP) is 3.07. The van der Waals surface area contributed by atoms with Crippen molar-refractivity contribution in [3.63, 3.8) is 0 Å². The summed E-state index contributed by atoms with van der Waals surface area (Å²) in [6.07, 6.45) is 5.11. The molecule has 0 bridgehead atoms. The van der Waals surface area contributed by atoms with E-state index < -0.39 is 0 Å². The van der Waals surface area contributed by atoms with Crippen LogP contribution in [-0.4, -0.2) is 32.6 Å². The number of nitrogens with one attached hydrogen (secondary N) is 2. The summed E-state index contributed by atoms with van der Waals surface area (Å²) in [6, 6.07) is 8.62. The number of benzene rings is 1. The minimum Gasteiger partial charge on any atom is -0.370 e. The van der Waals surface area contributed by atoms with Crippen molar-refractivity contribution >= 4 is 42.1 Å². The third-order valence-electron chi connectivity index (χ3n) is 3.77. The van der Waals surface area contributed by atoms with Gasteiger partial charge in [-0.25, -0.2) is 0 Å². The fourth-order valence-corrected chi connectivity index (χ4v) is 2.73. The van der Waals surface area contributed by atoms with Crippen LogP contribution in [0.3, 0.4) is 0 Å². The maximum atomic E-state index is 11.7. The molecule has 1 saturated carbocycles. The van der Waals surface area contributed by atoms with Crippen LogP contribution in [0.2, 0.25) is 0 Å². The molecule has 0 atom stereocenters. The standard InChI is InChI=1S/C15H23N3O.2ClH/c1-16-11-15(19)17-13-9-5-6-10-14(13)18(2)12-7-3-4-8-12;;/h5-6,9-10,12,16H,3-4,7-8,11H2,1-2H3,(H,17,19);2*1H. The first kappa shape index (κ1) is 20.0. The van der Waals surface area contributed by atoms with Gasteiger partial charge >= 0.3 is 0 Å². The minimum absolute atomic E-state index is 0. The van der Waals surface area contributed by atoms with Gasteiger partial charge in [0.15, 0.2) is 0 Å². The summed E-state index contributed by atoms with van der Waals surface area (Å²) in [7, 11) is 3.90. The Balaban J connectivity index is 0.00000200. The third-order valence-corrected chi connectivity index (χ3v) is 3.77. The molecule has 0 unspecified atom stereocenters. The quantitative estimate of drug-likeness (QED) is 0.870. The lowest BCUT2D eigenvalue weighted by atomic mass is 10.1. The first-order valence-electron chi connectivity index (χ1n) is 6.98. The molecule has 0 heterocycles. The molecule has 1 aliphatic carbocycles. The van der Waals surface area contributed by atoms with Crippen LogP contribution in [0, 0.1) is 0 Å². The number of carbonyl (C=O) groups is 1. The average molecular weight is 334 g/mol. The van der Waals surface area contributed by atoms with Gasteiger partial charge in [-0.15, -0.1) is 24.8 Å². The molecule has 0 aliphatic heterocycles. The van der Waals surface area contributed by atoms with Crippen molar-refractivity contribution in [1.29, 1.82) is 0 Å². The van der Waals surface area contributed by atoms with Crippen LogP contribution in [0.1, 0.15) is 25.7 Å². The van der Waals surface area contributed by atoms with E-state index in [1.54, 1.807) is 7.05 Å². The summed E-state index contributed by atoms with van der Waals surface area (Å²) in [5.41, 5.74) is 2.01. The van der Waals surface area contributed by atoms with E-state index in [4.69, 9.17) is 0 Å². The number of halogens is 2. The van der Waals surface area contributed by atoms with Gasteiger partial charge in [0.2, 0.25) is 5.91 Å². The molecule has 2 rings (SSSR count). The highest BCUT2D eigenvalue weighted by Crippen LogP contribution is 2.31. The van der Waals surface area contributed by atoms with Gasteiger partial charge in [0.1, 0.15) is 0 Å². The Hall–Kier alpha value is -0.970. The highest BCUT2D eigenvalue weighted by atomic mass is 35.5. The summed E-state index contributed by atoms with van der Waals surface area (Å²) in [4.78, 5) is 14.0. The van der Waals surface area contributed by atoms with Gasteiger partial charge in [-0.1, -0.05) is 25.0 Å². The summed E-state index contributed by atoms with van der Waals surface area (Å²) in [5, 5.41) is 5.84. The van der Waals surface area contributed by atoms with Gasteiger partial charge < -0.3 is 15.5 Å². The van der Waals surface area contributed by atoms with Gasteiger partial charge in [0.25, 0.3) is 0 Å². The molecule has 1 aromatic rings. The van der Waals surface area contributed by atoms with Crippen LogP contribution in [0.15, 0.2) is 24.3 Å². The molecule has 4 nitrogen and oxygen atoms in total. The Kier molecular flexibility index (Phi) is 9.42. The van der Waals surface area contributed by atoms with Crippen LogP contribution >= 0.6 is 24.8 Å². The monoisotopic (exact) mass is 333 g/mol. The molecular weight excluding hydrogens is 309 g/mol. The second kappa shape index (κ2) is 9.87. The Morgan fingerprint density at radius 3 is 2.48 bits per heavy atom. The van der Waals surface area contributed by atoms with E-state index >= 15 is 0 Å². The molecule has 0 aromatic heterocycles. The number of hydrogen-bond donors (Lipinski definition) is 2. The highest BCUT2D eigenvalue weighted by Gasteiger charge is 2.21. The normalized spacial score (nSPS) is 14.0. The Bertz CT molecular complexity index is 437. The van der Waals surface area contributed by atoms with Gasteiger partial charge in [-0.3, -0.25) is 4.79 Å². The van der Waals surface area contributed by atoms with Crippen LogP contribution in [0.4, 0.5) is 11.4 Å². The molecule has 6 heteroatoms. The molecule has 1 aliphatic rings. The Labute approximate surface area is 139 Å². The lowest BCUT2D eigenvalue weighted by Crippen LogP contribution is -2.31. The van der Waals surface area contributed by atoms with E-state index in [9.17, 15) is 4.79 Å². The van der Waals surface area contributed by atoms with E-state index in [0.717, 1.165) is 11.4 Å². The smallest absolute Gasteiger partial charge is 0.238 e. The largest absolute Gasteiger partial charge is 0.370 e. The van der Waals surface area contributed by atoms with Gasteiger partial charge in [0, 0.05) is 13.1 Å². The van der Waals surface area contributed by atoms with E-state index in [0.29, 0.717) is 12.6 Å². The van der Waals surface area contributed by atoms with Crippen LogP contribution in [0.5, 0.6) is 0 Å². The van der Waals surface area contributed by atoms with E-state index in [1.807, 2.05) is 18.2 Å². The van der Waals surface area contributed by atoms with Gasteiger partial charge in [-0.05, 0) is 32.0 Å².